The zero-order valence-electron chi connectivity index (χ0n) is 75.7. The Morgan fingerprint density at radius 3 is 0.984 bits per heavy atom. The number of aliphatic hydroxyl groups is 1. The van der Waals surface area contributed by atoms with Crippen LogP contribution in [0, 0.1) is 0 Å². The molecular weight excluding hydrogens is 2140 g/mol. The molecule has 0 spiro atoms. The highest BCUT2D eigenvalue weighted by atomic mass is 79.9. The van der Waals surface area contributed by atoms with Crippen LogP contribution in [0.1, 0.15) is 215 Å². The van der Waals surface area contributed by atoms with E-state index in [1.807, 2.05) is 36.4 Å². The molecule has 9 aliphatic rings. The highest BCUT2D eigenvalue weighted by Crippen LogP contribution is 2.59. The highest BCUT2D eigenvalue weighted by Gasteiger charge is 2.48. The lowest BCUT2D eigenvalue weighted by molar-refractivity contribution is 0.0601. The Morgan fingerprint density at radius 1 is 0.310 bits per heavy atom. The van der Waals surface area contributed by atoms with Gasteiger partial charge in [-0.05, 0) is 353 Å². The average molecular weight is 2250 g/mol. The molecule has 0 aliphatic heterocycles. The lowest BCUT2D eigenvalue weighted by Crippen LogP contribution is -2.38. The maximum Gasteiger partial charge on any atom is 0.338 e. The summed E-state index contributed by atoms with van der Waals surface area (Å²) in [6.45, 7) is 28.3. The van der Waals surface area contributed by atoms with Crippen molar-refractivity contribution in [3.05, 3.63) is 436 Å². The molecule has 0 fully saturated rings. The molecule has 6 unspecified atom stereocenters. The zero-order valence-corrected chi connectivity index (χ0v) is 90.4. The first-order valence-corrected chi connectivity index (χ1v) is 58.8. The van der Waals surface area contributed by atoms with Crippen molar-refractivity contribution in [1.29, 1.82) is 0 Å². The molecule has 14 aromatic rings. The van der Waals surface area contributed by atoms with Gasteiger partial charge in [-0.1, -0.05) is 388 Å². The third-order valence-corrected chi connectivity index (χ3v) is 36.5. The smallest absolute Gasteiger partial charge is 0.338 e. The molecule has 0 amide bonds. The number of carbonyl (C=O) groups excluding carboxylic acids is 1. The van der Waals surface area contributed by atoms with Crippen LogP contribution in [0.3, 0.4) is 0 Å². The Morgan fingerprint density at radius 2 is 0.612 bits per heavy atom. The number of halogens is 8. The fourth-order valence-electron chi connectivity index (χ4n) is 20.5. The van der Waals surface area contributed by atoms with Gasteiger partial charge < -0.3 is 9.84 Å². The minimum atomic E-state index is -1.27. The Kier molecular flexibility index (Phi) is 27.8. The number of methoxy groups -OCH3 is 1. The van der Waals surface area contributed by atoms with E-state index in [9.17, 15) is 9.90 Å². The quantitative estimate of drug-likeness (QED) is 0.0843. The second kappa shape index (κ2) is 38.3. The Balaban J connectivity index is 0.000000112. The first-order chi connectivity index (χ1) is 61.6. The molecule has 13 heteroatoms. The predicted octanol–water partition coefficient (Wildman–Crippen LogP) is 32.9. The number of hydrogen-bond donors (Lipinski definition) is 1. The van der Waals surface area contributed by atoms with Crippen LogP contribution in [0.25, 0.3) is 33.4 Å². The molecule has 0 saturated carbocycles. The molecule has 6 atom stereocenters. The van der Waals surface area contributed by atoms with Crippen molar-refractivity contribution in [3.63, 3.8) is 0 Å². The molecule has 656 valence electrons. The molecule has 0 radical (unpaired) electrons. The van der Waals surface area contributed by atoms with Gasteiger partial charge in [0.25, 0.3) is 0 Å². The number of ether oxygens (including phenoxy) is 1. The molecule has 0 bridgehead atoms. The Hall–Kier alpha value is -7.22. The first-order valence-electron chi connectivity index (χ1n) is 45.5. The van der Waals surface area contributed by atoms with E-state index in [2.05, 4.69) is 433 Å². The summed E-state index contributed by atoms with van der Waals surface area (Å²) in [5, 5.41) is 16.0. The minimum Gasteiger partial charge on any atom is -0.465 e. The minimum absolute atomic E-state index is 0.320. The summed E-state index contributed by atoms with van der Waals surface area (Å²) in [6.07, 6.45) is 12.2. The molecule has 14 aromatic carbocycles. The fraction of sp³-hybridized carbons (Fsp3) is 0.267. The van der Waals surface area contributed by atoms with Crippen molar-refractivity contribution >= 4 is 160 Å². The number of carbonyl (C=O) groups is 1. The van der Waals surface area contributed by atoms with Gasteiger partial charge in [-0.3, -0.25) is 0 Å². The topological polar surface area (TPSA) is 46.5 Å². The van der Waals surface area contributed by atoms with E-state index in [1.165, 1.54) is 168 Å². The summed E-state index contributed by atoms with van der Waals surface area (Å²) in [6, 6.07) is 96.6. The maximum absolute atomic E-state index is 12.8. The predicted molar refractivity (Wildman–Crippen MR) is 575 cm³/mol. The molecule has 0 aromatic heterocycles. The van der Waals surface area contributed by atoms with Crippen molar-refractivity contribution in [2.45, 2.75) is 192 Å². The number of esters is 1. The number of aryl methyl sites for hydroxylation is 4. The van der Waals surface area contributed by atoms with Gasteiger partial charge in [0.1, 0.15) is 5.60 Å². The Bertz CT molecular complexity index is 6500. The van der Waals surface area contributed by atoms with Crippen LogP contribution in [0.2, 0.25) is 39.3 Å². The van der Waals surface area contributed by atoms with E-state index < -0.39 is 21.7 Å². The van der Waals surface area contributed by atoms with E-state index in [0.29, 0.717) is 29.2 Å². The third kappa shape index (κ3) is 19.1. The van der Waals surface area contributed by atoms with Gasteiger partial charge in [0.05, 0.1) is 34.2 Å². The maximum atomic E-state index is 12.8. The van der Waals surface area contributed by atoms with Crippen molar-refractivity contribution in [2.24, 2.45) is 0 Å². The summed E-state index contributed by atoms with van der Waals surface area (Å²) >= 11 is 28.5. The van der Waals surface area contributed by atoms with Crippen LogP contribution >= 0.6 is 127 Å². The molecule has 9 aliphatic carbocycles. The molecule has 0 saturated heterocycles. The third-order valence-electron chi connectivity index (χ3n) is 28.4. The van der Waals surface area contributed by atoms with E-state index in [4.69, 9.17) is 4.74 Å². The molecule has 3 nitrogen and oxygen atoms in total. The van der Waals surface area contributed by atoms with E-state index in [-0.39, 0.29) is 11.4 Å². The normalized spacial score (nSPS) is 18.2. The summed E-state index contributed by atoms with van der Waals surface area (Å²) in [5.41, 5.74) is 37.9. The average Bonchev–Trinajstić information content (AvgIpc) is 1.52. The largest absolute Gasteiger partial charge is 0.465 e. The lowest BCUT2D eigenvalue weighted by atomic mass is 9.64. The van der Waals surface area contributed by atoms with Crippen molar-refractivity contribution < 1.29 is 14.6 Å². The van der Waals surface area contributed by atoms with Crippen molar-refractivity contribution in [1.82, 2.24) is 0 Å². The van der Waals surface area contributed by atoms with Crippen LogP contribution in [-0.4, -0.2) is 34.3 Å². The summed E-state index contributed by atoms with van der Waals surface area (Å²) in [4.78, 5) is 11.8. The second-order valence-corrected chi connectivity index (χ2v) is 56.6. The Labute approximate surface area is 834 Å². The van der Waals surface area contributed by atoms with Gasteiger partial charge in [0, 0.05) is 41.3 Å². The zero-order chi connectivity index (χ0) is 91.0. The number of benzene rings is 14. The van der Waals surface area contributed by atoms with Gasteiger partial charge in [-0.2, -0.15) is 0 Å². The van der Waals surface area contributed by atoms with Crippen LogP contribution < -0.4 is 10.4 Å². The van der Waals surface area contributed by atoms with Gasteiger partial charge >= 0.3 is 5.97 Å². The van der Waals surface area contributed by atoms with Crippen LogP contribution in [0.5, 0.6) is 0 Å². The molecular formula is C116H110Br8O3Si2. The summed E-state index contributed by atoms with van der Waals surface area (Å²) in [7, 11) is -0.746. The fourth-order valence-corrected chi connectivity index (χ4v) is 25.7. The van der Waals surface area contributed by atoms with Gasteiger partial charge in [0.2, 0.25) is 0 Å². The van der Waals surface area contributed by atoms with Crippen LogP contribution in [0.15, 0.2) is 303 Å². The van der Waals surface area contributed by atoms with E-state index in [1.54, 1.807) is 38.7 Å². The molecule has 129 heavy (non-hydrogen) atoms. The standard InChI is InChI=1S/C31H26Br2O.C31H24Br2.C14H10Br2O2.C12H18Si.C11H16Si.C9H9Br.C8H7Br/c1-18-13-21-15-23(5-10-27(18)21)31(34,24-6-11-28-19(2)14-22(28)16-24)30-17-26(33)9-12-29(30)20-3-7-25(32)8-4-20;1-17-11-19-13-21(3-7-25(17)19)31(22-4-8-26-18(2)12-20(26)14-22)29-15-23(32)5-9-27(29)28-10-6-24(33)16-30(28)31;1-18-14(17)13-8-11(16)6-7-12(13)9-2-4-10(15)5-3-9;1-9-7-10-8-11(13(2,3)4)5-6-12(9)10;1-12(2,3)11-7-6-9-4-5-10(9)8-11;1-6-4-7-5-8(10)2-3-9(6)7;9-8-4-3-6-1-2-7(6)5-8/h3-12,15-19,34H,13-14H2,1-2H3;3-10,13-18H,11-12H2,1-2H3;2-8H,1H3;5-6,8-9H,7H2,1-4H3;6-8H,4-5H2,1-3H3;2-3,5-6H,4H2,1H3;3-5H,1-2H2. The van der Waals surface area contributed by atoms with Crippen LogP contribution in [-0.2, 0) is 80.0 Å². The van der Waals surface area contributed by atoms with Gasteiger partial charge in [-0.25, -0.2) is 4.79 Å². The van der Waals surface area contributed by atoms with Crippen molar-refractivity contribution in [3.8, 4) is 33.4 Å². The SMILES string of the molecule is Brc1ccc2c(c1)CC2.CC1Cc2cc(Br)ccc21.CC1Cc2cc(C(O)(c3ccc4c(c3)CC4C)c3cc(Br)ccc3-c3ccc(Br)cc3)ccc21.CC1Cc2cc(C3(c4ccc5c(c4)CC5C)c4cc(Br)ccc4-c4ccc(Br)cc43)ccc21.CC1Cc2cc([Si](C)(C)C)ccc21.COC(=O)c1cc(Br)ccc1-c1ccc(Br)cc1.C[Si](C)(C)c1ccc2c(c1)CC2. The molecule has 1 N–H and O–H groups in total. The second-order valence-electron chi connectivity index (χ2n) is 39.2. The van der Waals surface area contributed by atoms with Gasteiger partial charge in [-0.15, -0.1) is 0 Å². The first kappa shape index (κ1) is 93.6. The summed E-state index contributed by atoms with van der Waals surface area (Å²) < 4.78 is 13.3. The highest BCUT2D eigenvalue weighted by molar-refractivity contribution is 9.11. The monoisotopic (exact) mass is 2240 g/mol. The number of fused-ring (bicyclic) bond motifs is 11. The lowest BCUT2D eigenvalue weighted by Gasteiger charge is -2.38. The van der Waals surface area contributed by atoms with Crippen LogP contribution in [0.4, 0.5) is 0 Å². The number of hydrogen-bond acceptors (Lipinski definition) is 3. The summed E-state index contributed by atoms with van der Waals surface area (Å²) in [5.74, 6) is 3.81. The van der Waals surface area contributed by atoms with E-state index >= 15 is 0 Å². The molecule has 23 rings (SSSR count). The number of rotatable bonds is 10. The van der Waals surface area contributed by atoms with Crippen molar-refractivity contribution in [2.75, 3.05) is 7.11 Å². The van der Waals surface area contributed by atoms with E-state index in [0.717, 1.165) is 90.5 Å². The molecule has 0 heterocycles. The van der Waals surface area contributed by atoms with Gasteiger partial charge in [0.15, 0.2) is 0 Å².